The molecule has 1 heterocycles. The standard InChI is InChI=1S/C11H18N2O2/c1-5-15-10(14)8-13-7-9(6-12-13)11(2,3)4/h6-7H,5,8H2,1-4H3. The molecule has 0 unspecified atom stereocenters. The molecule has 0 aromatic carbocycles. The Morgan fingerprint density at radius 1 is 1.53 bits per heavy atom. The van der Waals surface area contributed by atoms with Crippen molar-refractivity contribution in [1.29, 1.82) is 0 Å². The van der Waals surface area contributed by atoms with Gasteiger partial charge in [0.1, 0.15) is 6.54 Å². The maximum atomic E-state index is 11.2. The van der Waals surface area contributed by atoms with Crippen LogP contribution in [0.4, 0.5) is 0 Å². The Bertz CT molecular complexity index is 337. The zero-order valence-electron chi connectivity index (χ0n) is 9.78. The van der Waals surface area contributed by atoms with Gasteiger partial charge in [0.25, 0.3) is 0 Å². The summed E-state index contributed by atoms with van der Waals surface area (Å²) in [4.78, 5) is 11.2. The first-order chi connectivity index (χ1) is 6.93. The molecule has 0 saturated heterocycles. The van der Waals surface area contributed by atoms with E-state index < -0.39 is 0 Å². The first-order valence-electron chi connectivity index (χ1n) is 5.12. The van der Waals surface area contributed by atoms with Gasteiger partial charge in [0.2, 0.25) is 0 Å². The molecule has 0 aliphatic heterocycles. The fourth-order valence-corrected chi connectivity index (χ4v) is 1.18. The second kappa shape index (κ2) is 4.47. The van der Waals surface area contributed by atoms with E-state index in [9.17, 15) is 4.79 Å². The highest BCUT2D eigenvalue weighted by Gasteiger charge is 2.16. The number of aromatic nitrogens is 2. The van der Waals surface area contributed by atoms with E-state index in [-0.39, 0.29) is 17.9 Å². The summed E-state index contributed by atoms with van der Waals surface area (Å²) in [6.07, 6.45) is 3.68. The Morgan fingerprint density at radius 2 is 2.20 bits per heavy atom. The van der Waals surface area contributed by atoms with Crippen molar-refractivity contribution in [2.24, 2.45) is 0 Å². The maximum Gasteiger partial charge on any atom is 0.327 e. The molecule has 4 nitrogen and oxygen atoms in total. The Morgan fingerprint density at radius 3 is 2.67 bits per heavy atom. The van der Waals surface area contributed by atoms with Crippen molar-refractivity contribution in [3.05, 3.63) is 18.0 Å². The molecule has 1 aromatic rings. The van der Waals surface area contributed by atoms with Gasteiger partial charge in [0, 0.05) is 6.20 Å². The van der Waals surface area contributed by atoms with E-state index in [1.54, 1.807) is 17.8 Å². The Kier molecular flexibility index (Phi) is 3.50. The fourth-order valence-electron chi connectivity index (χ4n) is 1.18. The van der Waals surface area contributed by atoms with Gasteiger partial charge in [-0.25, -0.2) is 0 Å². The first kappa shape index (κ1) is 11.8. The van der Waals surface area contributed by atoms with E-state index in [1.165, 1.54) is 0 Å². The summed E-state index contributed by atoms with van der Waals surface area (Å²) in [5.74, 6) is -0.249. The summed E-state index contributed by atoms with van der Waals surface area (Å²) in [6, 6.07) is 0. The van der Waals surface area contributed by atoms with Gasteiger partial charge in [-0.1, -0.05) is 20.8 Å². The second-order valence-corrected chi connectivity index (χ2v) is 4.48. The monoisotopic (exact) mass is 210 g/mol. The van der Waals surface area contributed by atoms with E-state index in [0.29, 0.717) is 6.61 Å². The molecule has 0 aliphatic rings. The van der Waals surface area contributed by atoms with Crippen LogP contribution in [0, 0.1) is 0 Å². The van der Waals surface area contributed by atoms with Gasteiger partial charge in [0.15, 0.2) is 0 Å². The molecule has 15 heavy (non-hydrogen) atoms. The molecule has 0 amide bonds. The highest BCUT2D eigenvalue weighted by atomic mass is 16.5. The van der Waals surface area contributed by atoms with Crippen LogP contribution in [0.3, 0.4) is 0 Å². The zero-order valence-corrected chi connectivity index (χ0v) is 9.78. The van der Waals surface area contributed by atoms with Crippen molar-refractivity contribution in [3.63, 3.8) is 0 Å². The number of hydrogen-bond acceptors (Lipinski definition) is 3. The molecule has 0 fully saturated rings. The molecule has 84 valence electrons. The van der Waals surface area contributed by atoms with Gasteiger partial charge < -0.3 is 4.74 Å². The highest BCUT2D eigenvalue weighted by molar-refractivity contribution is 5.68. The Balaban J connectivity index is 2.65. The van der Waals surface area contributed by atoms with Crippen LogP contribution in [-0.2, 0) is 21.5 Å². The minimum Gasteiger partial charge on any atom is -0.465 e. The summed E-state index contributed by atoms with van der Waals surface area (Å²) < 4.78 is 6.45. The molecule has 0 saturated carbocycles. The topological polar surface area (TPSA) is 44.1 Å². The first-order valence-corrected chi connectivity index (χ1v) is 5.12. The molecule has 0 N–H and O–H groups in total. The number of ether oxygens (including phenoxy) is 1. The molecule has 0 spiro atoms. The Hall–Kier alpha value is -1.32. The van der Waals surface area contributed by atoms with Crippen molar-refractivity contribution in [2.45, 2.75) is 39.7 Å². The molecular formula is C11H18N2O2. The smallest absolute Gasteiger partial charge is 0.327 e. The van der Waals surface area contributed by atoms with E-state index in [1.807, 2.05) is 6.20 Å². The van der Waals surface area contributed by atoms with Gasteiger partial charge in [-0.3, -0.25) is 9.48 Å². The minimum absolute atomic E-state index is 0.0624. The van der Waals surface area contributed by atoms with Crippen LogP contribution < -0.4 is 0 Å². The van der Waals surface area contributed by atoms with Crippen molar-refractivity contribution >= 4 is 5.97 Å². The molecule has 0 atom stereocenters. The van der Waals surface area contributed by atoms with Gasteiger partial charge >= 0.3 is 5.97 Å². The van der Waals surface area contributed by atoms with Crippen LogP contribution in [0.5, 0.6) is 0 Å². The number of nitrogens with zero attached hydrogens (tertiary/aromatic N) is 2. The van der Waals surface area contributed by atoms with Crippen LogP contribution in [0.25, 0.3) is 0 Å². The largest absolute Gasteiger partial charge is 0.465 e. The predicted octanol–water partition coefficient (Wildman–Crippen LogP) is 1.74. The second-order valence-electron chi connectivity index (χ2n) is 4.48. The lowest BCUT2D eigenvalue weighted by Crippen LogP contribution is -2.14. The van der Waals surface area contributed by atoms with Crippen LogP contribution >= 0.6 is 0 Å². The summed E-state index contributed by atoms with van der Waals surface area (Å²) in [5.41, 5.74) is 1.18. The molecule has 1 aromatic heterocycles. The van der Waals surface area contributed by atoms with Gasteiger partial charge in [-0.15, -0.1) is 0 Å². The molecule has 4 heteroatoms. The lowest BCUT2D eigenvalue weighted by molar-refractivity contribution is -0.144. The number of rotatable bonds is 3. The van der Waals surface area contributed by atoms with Gasteiger partial charge in [-0.2, -0.15) is 5.10 Å². The summed E-state index contributed by atoms with van der Waals surface area (Å²) in [5, 5.41) is 4.12. The highest BCUT2D eigenvalue weighted by Crippen LogP contribution is 2.20. The Labute approximate surface area is 90.2 Å². The van der Waals surface area contributed by atoms with E-state index in [2.05, 4.69) is 25.9 Å². The number of carbonyl (C=O) groups excluding carboxylic acids is 1. The minimum atomic E-state index is -0.249. The van der Waals surface area contributed by atoms with Crippen molar-refractivity contribution in [2.75, 3.05) is 6.61 Å². The number of esters is 1. The van der Waals surface area contributed by atoms with Crippen molar-refractivity contribution < 1.29 is 9.53 Å². The van der Waals surface area contributed by atoms with E-state index >= 15 is 0 Å². The molecular weight excluding hydrogens is 192 g/mol. The van der Waals surface area contributed by atoms with Gasteiger partial charge in [0.05, 0.1) is 12.8 Å². The molecule has 0 aliphatic carbocycles. The predicted molar refractivity (Wildman–Crippen MR) is 57.6 cm³/mol. The SMILES string of the molecule is CCOC(=O)Cn1cc(C(C)(C)C)cn1. The van der Waals surface area contributed by atoms with Crippen LogP contribution in [0.15, 0.2) is 12.4 Å². The van der Waals surface area contributed by atoms with Crippen molar-refractivity contribution in [3.8, 4) is 0 Å². The number of carbonyl (C=O) groups is 1. The average Bonchev–Trinajstić information content (AvgIpc) is 2.52. The number of hydrogen-bond donors (Lipinski definition) is 0. The molecule has 1 rings (SSSR count). The van der Waals surface area contributed by atoms with Gasteiger partial charge in [-0.05, 0) is 17.9 Å². The maximum absolute atomic E-state index is 11.2. The third kappa shape index (κ3) is 3.38. The molecule has 0 bridgehead atoms. The van der Waals surface area contributed by atoms with Crippen LogP contribution in [-0.4, -0.2) is 22.4 Å². The zero-order chi connectivity index (χ0) is 11.5. The normalized spacial score (nSPS) is 11.5. The summed E-state index contributed by atoms with van der Waals surface area (Å²) >= 11 is 0. The summed E-state index contributed by atoms with van der Waals surface area (Å²) in [6.45, 7) is 8.72. The molecule has 0 radical (unpaired) electrons. The fraction of sp³-hybridized carbons (Fsp3) is 0.636. The lowest BCUT2D eigenvalue weighted by Gasteiger charge is -2.14. The quantitative estimate of drug-likeness (QED) is 0.714. The van der Waals surface area contributed by atoms with E-state index in [0.717, 1.165) is 5.56 Å². The third-order valence-electron chi connectivity index (χ3n) is 2.10. The third-order valence-corrected chi connectivity index (χ3v) is 2.10. The summed E-state index contributed by atoms with van der Waals surface area (Å²) in [7, 11) is 0. The van der Waals surface area contributed by atoms with E-state index in [4.69, 9.17) is 4.74 Å². The average molecular weight is 210 g/mol. The van der Waals surface area contributed by atoms with Crippen LogP contribution in [0.1, 0.15) is 33.3 Å². The van der Waals surface area contributed by atoms with Crippen molar-refractivity contribution in [1.82, 2.24) is 9.78 Å². The van der Waals surface area contributed by atoms with Crippen LogP contribution in [0.2, 0.25) is 0 Å². The lowest BCUT2D eigenvalue weighted by atomic mass is 9.90.